The Morgan fingerprint density at radius 3 is 2.39 bits per heavy atom. The van der Waals surface area contributed by atoms with Crippen LogP contribution in [0, 0.1) is 19.8 Å². The molecule has 1 aliphatic rings. The Labute approximate surface area is 195 Å². The highest BCUT2D eigenvalue weighted by Gasteiger charge is 2.34. The molecule has 1 saturated heterocycles. The molecule has 33 heavy (non-hydrogen) atoms. The Morgan fingerprint density at radius 2 is 1.67 bits per heavy atom. The lowest BCUT2D eigenvalue weighted by molar-refractivity contribution is -0.120. The summed E-state index contributed by atoms with van der Waals surface area (Å²) < 4.78 is 33.7. The average Bonchev–Trinajstić information content (AvgIpc) is 2.82. The highest BCUT2D eigenvalue weighted by Crippen LogP contribution is 2.28. The van der Waals surface area contributed by atoms with Gasteiger partial charge in [-0.1, -0.05) is 30.3 Å². The second-order valence-electron chi connectivity index (χ2n) is 8.40. The number of ether oxygens (including phenoxy) is 1. The van der Waals surface area contributed by atoms with Crippen LogP contribution in [-0.2, 0) is 14.8 Å². The zero-order chi connectivity index (χ0) is 23.4. The van der Waals surface area contributed by atoms with Crippen LogP contribution in [0.2, 0.25) is 0 Å². The first-order valence-electron chi connectivity index (χ1n) is 11.0. The van der Waals surface area contributed by atoms with Crippen molar-refractivity contribution in [2.75, 3.05) is 18.4 Å². The molecule has 7 heteroatoms. The van der Waals surface area contributed by atoms with E-state index in [9.17, 15) is 13.2 Å². The van der Waals surface area contributed by atoms with Crippen molar-refractivity contribution in [3.63, 3.8) is 0 Å². The van der Waals surface area contributed by atoms with Gasteiger partial charge in [-0.25, -0.2) is 8.42 Å². The zero-order valence-electron chi connectivity index (χ0n) is 18.8. The molecule has 1 amide bonds. The van der Waals surface area contributed by atoms with Crippen LogP contribution in [0.1, 0.15) is 24.0 Å². The molecule has 4 rings (SSSR count). The van der Waals surface area contributed by atoms with Gasteiger partial charge in [-0.05, 0) is 80.3 Å². The van der Waals surface area contributed by atoms with Crippen LogP contribution in [0.3, 0.4) is 0 Å². The second-order valence-corrected chi connectivity index (χ2v) is 10.3. The number of rotatable bonds is 6. The lowest BCUT2D eigenvalue weighted by Gasteiger charge is -2.31. The van der Waals surface area contributed by atoms with E-state index in [-0.39, 0.29) is 12.5 Å². The van der Waals surface area contributed by atoms with Gasteiger partial charge in [-0.15, -0.1) is 0 Å². The Balaban J connectivity index is 1.41. The minimum absolute atomic E-state index is 0.174. The van der Waals surface area contributed by atoms with E-state index in [1.165, 1.54) is 4.31 Å². The first kappa shape index (κ1) is 23.0. The van der Waals surface area contributed by atoms with Gasteiger partial charge in [0, 0.05) is 18.8 Å². The molecule has 1 heterocycles. The number of hydrogen-bond donors (Lipinski definition) is 1. The minimum atomic E-state index is -3.65. The number of sulfonamides is 1. The van der Waals surface area contributed by atoms with E-state index in [1.54, 1.807) is 37.3 Å². The van der Waals surface area contributed by atoms with Gasteiger partial charge in [-0.2, -0.15) is 4.31 Å². The number of nitrogens with zero attached hydrogens (tertiary/aromatic N) is 1. The van der Waals surface area contributed by atoms with Crippen LogP contribution >= 0.6 is 0 Å². The summed E-state index contributed by atoms with van der Waals surface area (Å²) in [6.45, 7) is 4.27. The Hall–Kier alpha value is -3.16. The van der Waals surface area contributed by atoms with Crippen LogP contribution in [0.5, 0.6) is 11.5 Å². The fourth-order valence-corrected chi connectivity index (χ4v) is 5.81. The quantitative estimate of drug-likeness (QED) is 0.548. The van der Waals surface area contributed by atoms with Crippen LogP contribution in [0.4, 0.5) is 5.69 Å². The standard InChI is InChI=1S/C26H28N2O4S/c1-19-10-11-20(2)25(17-19)33(30,31)28-16-6-7-21(18-28)26(29)27-22-12-14-24(15-13-22)32-23-8-4-3-5-9-23/h3-5,8-15,17,21H,6-7,16,18H2,1-2H3,(H,27,29)/t21-/m1/s1. The summed E-state index contributed by atoms with van der Waals surface area (Å²) in [6, 6.07) is 22.0. The molecule has 0 aliphatic carbocycles. The predicted octanol–water partition coefficient (Wildman–Crippen LogP) is 5.14. The van der Waals surface area contributed by atoms with Gasteiger partial charge in [0.15, 0.2) is 0 Å². The maximum absolute atomic E-state index is 13.3. The topological polar surface area (TPSA) is 75.7 Å². The average molecular weight is 465 g/mol. The van der Waals surface area contributed by atoms with E-state index in [0.29, 0.717) is 41.3 Å². The van der Waals surface area contributed by atoms with Crippen LogP contribution in [0.15, 0.2) is 77.7 Å². The van der Waals surface area contributed by atoms with Gasteiger partial charge >= 0.3 is 0 Å². The van der Waals surface area contributed by atoms with Gasteiger partial charge in [0.2, 0.25) is 15.9 Å². The molecular weight excluding hydrogens is 436 g/mol. The summed E-state index contributed by atoms with van der Waals surface area (Å²) in [5, 5.41) is 2.92. The van der Waals surface area contributed by atoms with Crippen LogP contribution in [-0.4, -0.2) is 31.7 Å². The van der Waals surface area contributed by atoms with E-state index < -0.39 is 15.9 Å². The molecule has 0 unspecified atom stereocenters. The molecule has 1 aliphatic heterocycles. The summed E-state index contributed by atoms with van der Waals surface area (Å²) in [4.78, 5) is 13.2. The van der Waals surface area contributed by atoms with E-state index in [4.69, 9.17) is 4.74 Å². The number of hydrogen-bond acceptors (Lipinski definition) is 4. The molecule has 1 fully saturated rings. The summed E-state index contributed by atoms with van der Waals surface area (Å²) in [6.07, 6.45) is 1.30. The second kappa shape index (κ2) is 9.77. The smallest absolute Gasteiger partial charge is 0.243 e. The number of carbonyl (C=O) groups is 1. The summed E-state index contributed by atoms with van der Waals surface area (Å²) in [5.41, 5.74) is 2.25. The van der Waals surface area contributed by atoms with E-state index in [1.807, 2.05) is 49.4 Å². The number of amides is 1. The maximum Gasteiger partial charge on any atom is 0.243 e. The molecule has 172 valence electrons. The molecule has 0 bridgehead atoms. The zero-order valence-corrected chi connectivity index (χ0v) is 19.6. The normalized spacial score (nSPS) is 16.8. The van der Waals surface area contributed by atoms with Crippen molar-refractivity contribution < 1.29 is 17.9 Å². The van der Waals surface area contributed by atoms with E-state index >= 15 is 0 Å². The SMILES string of the molecule is Cc1ccc(C)c(S(=O)(=O)N2CCC[C@@H](C(=O)Nc3ccc(Oc4ccccc4)cc3)C2)c1. The number of benzene rings is 3. The van der Waals surface area contributed by atoms with Crippen molar-refractivity contribution in [1.29, 1.82) is 0 Å². The van der Waals surface area contributed by atoms with Gasteiger partial charge < -0.3 is 10.1 Å². The number of aryl methyl sites for hydroxylation is 2. The largest absolute Gasteiger partial charge is 0.457 e. The Morgan fingerprint density at radius 1 is 0.970 bits per heavy atom. The highest BCUT2D eigenvalue weighted by molar-refractivity contribution is 7.89. The monoisotopic (exact) mass is 464 g/mol. The number of piperidine rings is 1. The fourth-order valence-electron chi connectivity index (χ4n) is 3.97. The number of carbonyl (C=O) groups excluding carboxylic acids is 1. The van der Waals surface area contributed by atoms with E-state index in [0.717, 1.165) is 11.3 Å². The van der Waals surface area contributed by atoms with Crippen molar-refractivity contribution in [2.24, 2.45) is 5.92 Å². The number of para-hydroxylation sites is 1. The van der Waals surface area contributed by atoms with Gasteiger partial charge in [0.05, 0.1) is 10.8 Å². The van der Waals surface area contributed by atoms with Crippen molar-refractivity contribution in [3.05, 3.63) is 83.9 Å². The summed E-state index contributed by atoms with van der Waals surface area (Å²) in [7, 11) is -3.65. The third-order valence-electron chi connectivity index (χ3n) is 5.82. The molecule has 0 saturated carbocycles. The molecule has 0 spiro atoms. The maximum atomic E-state index is 13.3. The highest BCUT2D eigenvalue weighted by atomic mass is 32.2. The third kappa shape index (κ3) is 5.43. The van der Waals surface area contributed by atoms with Gasteiger partial charge in [0.1, 0.15) is 11.5 Å². The van der Waals surface area contributed by atoms with Crippen LogP contribution in [0.25, 0.3) is 0 Å². The van der Waals surface area contributed by atoms with Gasteiger partial charge in [-0.3, -0.25) is 4.79 Å². The number of anilines is 1. The summed E-state index contributed by atoms with van der Waals surface area (Å²) >= 11 is 0. The Kier molecular flexibility index (Phi) is 6.81. The lowest BCUT2D eigenvalue weighted by Crippen LogP contribution is -2.43. The molecule has 0 aromatic heterocycles. The summed E-state index contributed by atoms with van der Waals surface area (Å²) in [5.74, 6) is 0.829. The first-order valence-corrected chi connectivity index (χ1v) is 12.5. The first-order chi connectivity index (χ1) is 15.8. The number of nitrogens with one attached hydrogen (secondary N) is 1. The predicted molar refractivity (Wildman–Crippen MR) is 129 cm³/mol. The molecule has 3 aromatic rings. The molecule has 0 radical (unpaired) electrons. The van der Waals surface area contributed by atoms with Crippen molar-refractivity contribution in [2.45, 2.75) is 31.6 Å². The molecule has 6 nitrogen and oxygen atoms in total. The van der Waals surface area contributed by atoms with Crippen LogP contribution < -0.4 is 10.1 Å². The third-order valence-corrected chi connectivity index (χ3v) is 7.82. The van der Waals surface area contributed by atoms with Crippen molar-refractivity contribution >= 4 is 21.6 Å². The lowest BCUT2D eigenvalue weighted by atomic mass is 9.99. The van der Waals surface area contributed by atoms with Crippen molar-refractivity contribution in [3.8, 4) is 11.5 Å². The fraction of sp³-hybridized carbons (Fsp3) is 0.269. The Bertz CT molecular complexity index is 1220. The molecule has 1 atom stereocenters. The minimum Gasteiger partial charge on any atom is -0.457 e. The van der Waals surface area contributed by atoms with E-state index in [2.05, 4.69) is 5.32 Å². The molecular formula is C26H28N2O4S. The molecule has 1 N–H and O–H groups in total. The van der Waals surface area contributed by atoms with Gasteiger partial charge in [0.25, 0.3) is 0 Å². The van der Waals surface area contributed by atoms with Crippen molar-refractivity contribution in [1.82, 2.24) is 4.31 Å². The molecule has 3 aromatic carbocycles.